The standard InChI is InChI=1S/C18H32N4O2/c1-3-19-18(22-13-8-14-24-16-15-23-2)21-12-7-11-20-17-9-5-4-6-10-17/h4-6,9-10,20H,3,7-8,11-16H2,1-2H3,(H2,19,21,22). The van der Waals surface area contributed by atoms with Crippen molar-refractivity contribution in [2.75, 3.05) is 58.4 Å². The van der Waals surface area contributed by atoms with Crippen molar-refractivity contribution in [1.82, 2.24) is 10.6 Å². The molecule has 0 radical (unpaired) electrons. The zero-order valence-corrected chi connectivity index (χ0v) is 15.0. The Bertz CT molecular complexity index is 426. The number of guanidine groups is 1. The summed E-state index contributed by atoms with van der Waals surface area (Å²) in [4.78, 5) is 4.59. The number of hydrogen-bond acceptors (Lipinski definition) is 4. The van der Waals surface area contributed by atoms with Crippen molar-refractivity contribution in [3.8, 4) is 0 Å². The SMILES string of the molecule is CCNC(=NCCCNc1ccccc1)NCCCOCCOC. The molecule has 0 aliphatic rings. The number of nitrogens with zero attached hydrogens (tertiary/aromatic N) is 1. The maximum absolute atomic E-state index is 5.44. The van der Waals surface area contributed by atoms with E-state index >= 15 is 0 Å². The highest BCUT2D eigenvalue weighted by molar-refractivity contribution is 5.79. The molecule has 6 heteroatoms. The minimum atomic E-state index is 0.647. The number of ether oxygens (including phenoxy) is 2. The van der Waals surface area contributed by atoms with E-state index in [0.717, 1.165) is 57.3 Å². The fourth-order valence-corrected chi connectivity index (χ4v) is 2.03. The van der Waals surface area contributed by atoms with Gasteiger partial charge in [-0.25, -0.2) is 0 Å². The van der Waals surface area contributed by atoms with Crippen LogP contribution in [0, 0.1) is 0 Å². The van der Waals surface area contributed by atoms with Crippen molar-refractivity contribution in [3.05, 3.63) is 30.3 Å². The Labute approximate surface area is 146 Å². The molecule has 0 unspecified atom stereocenters. The molecule has 1 rings (SSSR count). The van der Waals surface area contributed by atoms with Gasteiger partial charge in [-0.15, -0.1) is 0 Å². The van der Waals surface area contributed by atoms with E-state index in [1.807, 2.05) is 18.2 Å². The Morgan fingerprint density at radius 2 is 1.83 bits per heavy atom. The van der Waals surface area contributed by atoms with Gasteiger partial charge in [-0.2, -0.15) is 0 Å². The molecule has 1 aromatic rings. The van der Waals surface area contributed by atoms with Crippen LogP contribution in [0.5, 0.6) is 0 Å². The summed E-state index contributed by atoms with van der Waals surface area (Å²) in [5.74, 6) is 0.870. The molecule has 3 N–H and O–H groups in total. The van der Waals surface area contributed by atoms with Crippen LogP contribution in [-0.4, -0.2) is 59.1 Å². The van der Waals surface area contributed by atoms with Gasteiger partial charge in [0.05, 0.1) is 13.2 Å². The van der Waals surface area contributed by atoms with Crippen LogP contribution in [0.1, 0.15) is 19.8 Å². The predicted molar refractivity (Wildman–Crippen MR) is 101 cm³/mol. The summed E-state index contributed by atoms with van der Waals surface area (Å²) in [6.45, 7) is 7.52. The molecule has 136 valence electrons. The molecule has 0 aromatic heterocycles. The molecule has 0 amide bonds. The van der Waals surface area contributed by atoms with Crippen LogP contribution in [0.3, 0.4) is 0 Å². The van der Waals surface area contributed by atoms with E-state index in [1.165, 1.54) is 0 Å². The number of hydrogen-bond donors (Lipinski definition) is 3. The molecule has 0 atom stereocenters. The van der Waals surface area contributed by atoms with E-state index in [4.69, 9.17) is 9.47 Å². The Morgan fingerprint density at radius 1 is 1.00 bits per heavy atom. The van der Waals surface area contributed by atoms with Crippen LogP contribution in [-0.2, 0) is 9.47 Å². The maximum atomic E-state index is 5.44. The molecular weight excluding hydrogens is 304 g/mol. The van der Waals surface area contributed by atoms with E-state index in [0.29, 0.717) is 13.2 Å². The number of anilines is 1. The average molecular weight is 336 g/mol. The fraction of sp³-hybridized carbons (Fsp3) is 0.611. The largest absolute Gasteiger partial charge is 0.385 e. The third-order valence-electron chi connectivity index (χ3n) is 3.24. The van der Waals surface area contributed by atoms with Gasteiger partial charge in [0.2, 0.25) is 0 Å². The highest BCUT2D eigenvalue weighted by Crippen LogP contribution is 2.04. The highest BCUT2D eigenvalue weighted by atomic mass is 16.5. The number of methoxy groups -OCH3 is 1. The molecule has 6 nitrogen and oxygen atoms in total. The molecule has 0 fully saturated rings. The Hall–Kier alpha value is -1.79. The molecule has 1 aromatic carbocycles. The molecule has 0 heterocycles. The van der Waals surface area contributed by atoms with Crippen LogP contribution < -0.4 is 16.0 Å². The summed E-state index contributed by atoms with van der Waals surface area (Å²) in [6.07, 6.45) is 1.94. The van der Waals surface area contributed by atoms with Gasteiger partial charge in [-0.1, -0.05) is 18.2 Å². The maximum Gasteiger partial charge on any atom is 0.191 e. The topological polar surface area (TPSA) is 66.9 Å². The Morgan fingerprint density at radius 3 is 2.58 bits per heavy atom. The van der Waals surface area contributed by atoms with Crippen molar-refractivity contribution >= 4 is 11.6 Å². The van der Waals surface area contributed by atoms with Crippen molar-refractivity contribution in [2.24, 2.45) is 4.99 Å². The van der Waals surface area contributed by atoms with Gasteiger partial charge in [-0.3, -0.25) is 4.99 Å². The Balaban J connectivity index is 2.10. The monoisotopic (exact) mass is 336 g/mol. The quantitative estimate of drug-likeness (QED) is 0.292. The van der Waals surface area contributed by atoms with E-state index in [-0.39, 0.29) is 0 Å². The van der Waals surface area contributed by atoms with Crippen LogP contribution in [0.2, 0.25) is 0 Å². The lowest BCUT2D eigenvalue weighted by atomic mass is 10.3. The van der Waals surface area contributed by atoms with Gasteiger partial charge in [0, 0.05) is 45.6 Å². The van der Waals surface area contributed by atoms with Gasteiger partial charge < -0.3 is 25.4 Å². The molecule has 0 saturated heterocycles. The summed E-state index contributed by atoms with van der Waals surface area (Å²) in [5.41, 5.74) is 1.15. The second-order valence-corrected chi connectivity index (χ2v) is 5.29. The summed E-state index contributed by atoms with van der Waals surface area (Å²) in [6, 6.07) is 10.2. The first kappa shape index (κ1) is 20.3. The molecular formula is C18H32N4O2. The molecule has 0 aliphatic heterocycles. The Kier molecular flexibility index (Phi) is 12.5. The van der Waals surface area contributed by atoms with E-state index in [2.05, 4.69) is 40.0 Å². The first-order chi connectivity index (χ1) is 11.9. The first-order valence-electron chi connectivity index (χ1n) is 8.74. The number of para-hydroxylation sites is 1. The van der Waals surface area contributed by atoms with Crippen molar-refractivity contribution < 1.29 is 9.47 Å². The lowest BCUT2D eigenvalue weighted by Crippen LogP contribution is -2.38. The highest BCUT2D eigenvalue weighted by Gasteiger charge is 1.97. The molecule has 0 bridgehead atoms. The third kappa shape index (κ3) is 10.9. The molecule has 0 saturated carbocycles. The van der Waals surface area contributed by atoms with Crippen molar-refractivity contribution in [3.63, 3.8) is 0 Å². The van der Waals surface area contributed by atoms with Gasteiger partial charge >= 0.3 is 0 Å². The zero-order chi connectivity index (χ0) is 17.3. The number of rotatable bonds is 13. The van der Waals surface area contributed by atoms with Crippen molar-refractivity contribution in [1.29, 1.82) is 0 Å². The van der Waals surface area contributed by atoms with Gasteiger partial charge in [-0.05, 0) is 31.9 Å². The van der Waals surface area contributed by atoms with E-state index < -0.39 is 0 Å². The first-order valence-corrected chi connectivity index (χ1v) is 8.74. The molecule has 0 aliphatic carbocycles. The normalized spacial score (nSPS) is 11.3. The fourth-order valence-electron chi connectivity index (χ4n) is 2.03. The van der Waals surface area contributed by atoms with E-state index in [9.17, 15) is 0 Å². The van der Waals surface area contributed by atoms with Crippen LogP contribution >= 0.6 is 0 Å². The molecule has 24 heavy (non-hydrogen) atoms. The van der Waals surface area contributed by atoms with Crippen LogP contribution in [0.25, 0.3) is 0 Å². The van der Waals surface area contributed by atoms with Gasteiger partial charge in [0.25, 0.3) is 0 Å². The summed E-state index contributed by atoms with van der Waals surface area (Å²) < 4.78 is 10.4. The van der Waals surface area contributed by atoms with E-state index in [1.54, 1.807) is 7.11 Å². The number of nitrogens with one attached hydrogen (secondary N) is 3. The average Bonchev–Trinajstić information content (AvgIpc) is 2.61. The second kappa shape index (κ2) is 14.8. The van der Waals surface area contributed by atoms with Gasteiger partial charge in [0.15, 0.2) is 5.96 Å². The van der Waals surface area contributed by atoms with Crippen LogP contribution in [0.4, 0.5) is 5.69 Å². The summed E-state index contributed by atoms with van der Waals surface area (Å²) >= 11 is 0. The lowest BCUT2D eigenvalue weighted by Gasteiger charge is -2.11. The van der Waals surface area contributed by atoms with Crippen molar-refractivity contribution in [2.45, 2.75) is 19.8 Å². The zero-order valence-electron chi connectivity index (χ0n) is 15.0. The van der Waals surface area contributed by atoms with Gasteiger partial charge in [0.1, 0.15) is 0 Å². The predicted octanol–water partition coefficient (Wildman–Crippen LogP) is 2.10. The smallest absolute Gasteiger partial charge is 0.191 e. The third-order valence-corrected chi connectivity index (χ3v) is 3.24. The number of aliphatic imine (C=N–C) groups is 1. The van der Waals surface area contributed by atoms with Crippen LogP contribution in [0.15, 0.2) is 35.3 Å². The minimum Gasteiger partial charge on any atom is -0.385 e. The summed E-state index contributed by atoms with van der Waals surface area (Å²) in [7, 11) is 1.68. The minimum absolute atomic E-state index is 0.647. The second-order valence-electron chi connectivity index (χ2n) is 5.29. The summed E-state index contributed by atoms with van der Waals surface area (Å²) in [5, 5.41) is 9.98. The number of benzene rings is 1. The molecule has 0 spiro atoms. The lowest BCUT2D eigenvalue weighted by molar-refractivity contribution is 0.0698.